The number of hydrogen-bond donors (Lipinski definition) is 2. The van der Waals surface area contributed by atoms with E-state index in [0.717, 1.165) is 31.9 Å². The lowest BCUT2D eigenvalue weighted by Gasteiger charge is -2.20. The zero-order valence-corrected chi connectivity index (χ0v) is 16.6. The standard InChI is InChI=1S/C15H25N5O4S.ClH/c1-19(2)25(22,23)10-11-8-24-9-13(11)18-15(21)12-7-20-6-5-16-4-3-14(20)17-12;/h7,11,13,16H,3-6,8-10H2,1-2H3,(H,18,21);1H/t11-,13+;/m0./s1. The zero-order valence-electron chi connectivity index (χ0n) is 15.0. The quantitative estimate of drug-likeness (QED) is 0.654. The number of fused-ring (bicyclic) bond motifs is 1. The van der Waals surface area contributed by atoms with Gasteiger partial charge in [-0.25, -0.2) is 17.7 Å². The minimum atomic E-state index is -3.35. The number of amides is 1. The van der Waals surface area contributed by atoms with E-state index in [9.17, 15) is 13.2 Å². The summed E-state index contributed by atoms with van der Waals surface area (Å²) in [6, 6.07) is -0.328. The number of rotatable bonds is 5. The molecule has 2 atom stereocenters. The molecule has 3 rings (SSSR count). The molecule has 9 nitrogen and oxygen atoms in total. The van der Waals surface area contributed by atoms with E-state index in [-0.39, 0.29) is 36.0 Å². The first-order valence-electron chi connectivity index (χ1n) is 8.42. The van der Waals surface area contributed by atoms with Crippen molar-refractivity contribution in [3.05, 3.63) is 17.7 Å². The maximum Gasteiger partial charge on any atom is 0.271 e. The molecule has 2 aliphatic heterocycles. The number of nitrogens with zero attached hydrogens (tertiary/aromatic N) is 3. The number of imidazole rings is 1. The van der Waals surface area contributed by atoms with Gasteiger partial charge in [0, 0.05) is 52.3 Å². The van der Waals surface area contributed by atoms with E-state index >= 15 is 0 Å². The summed E-state index contributed by atoms with van der Waals surface area (Å²) in [7, 11) is -0.334. The predicted molar refractivity (Wildman–Crippen MR) is 99.1 cm³/mol. The van der Waals surface area contributed by atoms with Crippen LogP contribution in [0.25, 0.3) is 0 Å². The molecule has 26 heavy (non-hydrogen) atoms. The number of carbonyl (C=O) groups excluding carboxylic acids is 1. The van der Waals surface area contributed by atoms with E-state index in [2.05, 4.69) is 15.6 Å². The first kappa shape index (κ1) is 21.1. The summed E-state index contributed by atoms with van der Waals surface area (Å²) in [6.07, 6.45) is 2.54. The van der Waals surface area contributed by atoms with Gasteiger partial charge in [0.15, 0.2) is 0 Å². The summed E-state index contributed by atoms with van der Waals surface area (Å²) in [5, 5.41) is 6.18. The number of nitrogens with one attached hydrogen (secondary N) is 2. The SMILES string of the molecule is CN(C)S(=O)(=O)C[C@@H]1COC[C@H]1NC(=O)c1cn2c(n1)CCNCC2.Cl. The molecule has 11 heteroatoms. The molecule has 1 aromatic rings. The molecule has 148 valence electrons. The second-order valence-electron chi connectivity index (χ2n) is 6.67. The molecule has 0 spiro atoms. The molecule has 2 N–H and O–H groups in total. The summed E-state index contributed by atoms with van der Waals surface area (Å²) < 4.78 is 32.8. The van der Waals surface area contributed by atoms with Crippen LogP contribution >= 0.6 is 12.4 Å². The van der Waals surface area contributed by atoms with Crippen molar-refractivity contribution >= 4 is 28.3 Å². The van der Waals surface area contributed by atoms with Crippen LogP contribution in [0.1, 0.15) is 16.3 Å². The Hall–Kier alpha value is -1.20. The highest BCUT2D eigenvalue weighted by Crippen LogP contribution is 2.18. The van der Waals surface area contributed by atoms with Crippen LogP contribution < -0.4 is 10.6 Å². The van der Waals surface area contributed by atoms with Crippen LogP contribution in [0, 0.1) is 5.92 Å². The first-order chi connectivity index (χ1) is 11.9. The molecule has 0 bridgehead atoms. The van der Waals surface area contributed by atoms with Crippen LogP contribution in [0.3, 0.4) is 0 Å². The molecule has 0 unspecified atom stereocenters. The predicted octanol–water partition coefficient (Wildman–Crippen LogP) is -0.913. The van der Waals surface area contributed by atoms with E-state index in [4.69, 9.17) is 4.74 Å². The third kappa shape index (κ3) is 4.74. The Morgan fingerprint density at radius 2 is 2.19 bits per heavy atom. The molecule has 1 saturated heterocycles. The fourth-order valence-corrected chi connectivity index (χ4v) is 4.23. The highest BCUT2D eigenvalue weighted by Gasteiger charge is 2.34. The van der Waals surface area contributed by atoms with Crippen LogP contribution in [0.5, 0.6) is 0 Å². The highest BCUT2D eigenvalue weighted by atomic mass is 35.5. The van der Waals surface area contributed by atoms with Gasteiger partial charge < -0.3 is 19.9 Å². The first-order valence-corrected chi connectivity index (χ1v) is 10.0. The fraction of sp³-hybridized carbons (Fsp3) is 0.733. The van der Waals surface area contributed by atoms with Gasteiger partial charge in [0.05, 0.1) is 25.0 Å². The van der Waals surface area contributed by atoms with Gasteiger partial charge in [-0.3, -0.25) is 4.79 Å². The fourth-order valence-electron chi connectivity index (χ4n) is 3.07. The average molecular weight is 408 g/mol. The van der Waals surface area contributed by atoms with Crippen LogP contribution in [0.15, 0.2) is 6.20 Å². The van der Waals surface area contributed by atoms with Crippen molar-refractivity contribution in [3.63, 3.8) is 0 Å². The van der Waals surface area contributed by atoms with Crippen molar-refractivity contribution in [3.8, 4) is 0 Å². The van der Waals surface area contributed by atoms with Crippen LogP contribution in [-0.2, 0) is 27.7 Å². The van der Waals surface area contributed by atoms with Gasteiger partial charge in [0.25, 0.3) is 5.91 Å². The highest BCUT2D eigenvalue weighted by molar-refractivity contribution is 7.89. The van der Waals surface area contributed by atoms with Crippen LogP contribution in [0.4, 0.5) is 0 Å². The van der Waals surface area contributed by atoms with Gasteiger partial charge >= 0.3 is 0 Å². The van der Waals surface area contributed by atoms with E-state index in [1.807, 2.05) is 4.57 Å². The monoisotopic (exact) mass is 407 g/mol. The second kappa shape index (κ2) is 8.66. The van der Waals surface area contributed by atoms with Crippen molar-refractivity contribution in [2.24, 2.45) is 5.92 Å². The van der Waals surface area contributed by atoms with Gasteiger partial charge in [-0.1, -0.05) is 0 Å². The van der Waals surface area contributed by atoms with Crippen molar-refractivity contribution in [1.29, 1.82) is 0 Å². The lowest BCUT2D eigenvalue weighted by Crippen LogP contribution is -2.43. The third-order valence-corrected chi connectivity index (χ3v) is 6.60. The van der Waals surface area contributed by atoms with Gasteiger partial charge in [-0.2, -0.15) is 0 Å². The summed E-state index contributed by atoms with van der Waals surface area (Å²) >= 11 is 0. The Morgan fingerprint density at radius 1 is 1.42 bits per heavy atom. The van der Waals surface area contributed by atoms with E-state index in [1.165, 1.54) is 18.4 Å². The van der Waals surface area contributed by atoms with Crippen LogP contribution in [0.2, 0.25) is 0 Å². The smallest absolute Gasteiger partial charge is 0.271 e. The van der Waals surface area contributed by atoms with E-state index < -0.39 is 10.0 Å². The maximum atomic E-state index is 12.5. The lowest BCUT2D eigenvalue weighted by atomic mass is 10.1. The molecule has 1 amide bonds. The van der Waals surface area contributed by atoms with E-state index in [0.29, 0.717) is 18.9 Å². The molecular weight excluding hydrogens is 382 g/mol. The third-order valence-electron chi connectivity index (χ3n) is 4.64. The zero-order chi connectivity index (χ0) is 18.0. The van der Waals surface area contributed by atoms with Crippen molar-refractivity contribution < 1.29 is 17.9 Å². The molecular formula is C15H26ClN5O4S. The molecule has 1 aromatic heterocycles. The lowest BCUT2D eigenvalue weighted by molar-refractivity contribution is 0.0921. The molecule has 1 fully saturated rings. The minimum absolute atomic E-state index is 0. The molecule has 0 aromatic carbocycles. The average Bonchev–Trinajstić information content (AvgIpc) is 3.08. The van der Waals surface area contributed by atoms with Crippen molar-refractivity contribution in [1.82, 2.24) is 24.5 Å². The normalized spacial score (nSPS) is 23.2. The van der Waals surface area contributed by atoms with Crippen molar-refractivity contribution in [2.75, 3.05) is 46.2 Å². The molecule has 3 heterocycles. The topological polar surface area (TPSA) is 106 Å². The molecule has 0 saturated carbocycles. The molecule has 2 aliphatic rings. The van der Waals surface area contributed by atoms with Gasteiger partial charge in [0.2, 0.25) is 10.0 Å². The van der Waals surface area contributed by atoms with Gasteiger partial charge in [0.1, 0.15) is 11.5 Å². The Labute approximate surface area is 159 Å². The Bertz CT molecular complexity index is 713. The summed E-state index contributed by atoms with van der Waals surface area (Å²) in [6.45, 7) is 3.12. The maximum absolute atomic E-state index is 12.5. The van der Waals surface area contributed by atoms with Gasteiger partial charge in [-0.15, -0.1) is 12.4 Å². The Morgan fingerprint density at radius 3 is 2.92 bits per heavy atom. The summed E-state index contributed by atoms with van der Waals surface area (Å²) in [5.74, 6) is 0.304. The number of ether oxygens (including phenoxy) is 1. The number of halogens is 1. The number of sulfonamides is 1. The Kier molecular flexibility index (Phi) is 7.03. The number of carbonyl (C=O) groups is 1. The Balaban J connectivity index is 0.00000243. The number of hydrogen-bond acceptors (Lipinski definition) is 6. The summed E-state index contributed by atoms with van der Waals surface area (Å²) in [5.41, 5.74) is 0.373. The molecule has 0 aliphatic carbocycles. The molecule has 0 radical (unpaired) electrons. The largest absolute Gasteiger partial charge is 0.379 e. The number of aromatic nitrogens is 2. The van der Waals surface area contributed by atoms with E-state index in [1.54, 1.807) is 6.20 Å². The van der Waals surface area contributed by atoms with Crippen molar-refractivity contribution in [2.45, 2.75) is 19.0 Å². The second-order valence-corrected chi connectivity index (χ2v) is 8.90. The summed E-state index contributed by atoms with van der Waals surface area (Å²) in [4.78, 5) is 17.0. The van der Waals surface area contributed by atoms with Crippen LogP contribution in [-0.4, -0.2) is 80.4 Å². The van der Waals surface area contributed by atoms with Gasteiger partial charge in [-0.05, 0) is 0 Å². The minimum Gasteiger partial charge on any atom is -0.379 e.